The van der Waals surface area contributed by atoms with E-state index in [1.165, 1.54) is 12.1 Å². The van der Waals surface area contributed by atoms with Crippen LogP contribution in [0.4, 0.5) is 5.69 Å². The molecule has 0 unspecified atom stereocenters. The smallest absolute Gasteiger partial charge is 0.269 e. The highest BCUT2D eigenvalue weighted by Gasteiger charge is 2.37. The molecule has 0 bridgehead atoms. The van der Waals surface area contributed by atoms with Crippen LogP contribution in [0.1, 0.15) is 25.5 Å². The molecule has 1 amide bonds. The summed E-state index contributed by atoms with van der Waals surface area (Å²) in [7, 11) is 0. The summed E-state index contributed by atoms with van der Waals surface area (Å²) < 4.78 is 11.3. The summed E-state index contributed by atoms with van der Waals surface area (Å²) in [4.78, 5) is 20.8. The first-order chi connectivity index (χ1) is 9.43. The van der Waals surface area contributed by atoms with Crippen LogP contribution in [0, 0.1) is 10.1 Å². The Kier molecular flexibility index (Phi) is 4.01. The van der Waals surface area contributed by atoms with E-state index < -0.39 is 16.8 Å². The number of amides is 1. The predicted molar refractivity (Wildman–Crippen MR) is 69.9 cm³/mol. The standard InChI is InChI=1S/C13H16N2O5/c1-13(2)19-7-11(14-8-16)12(20-13)9-3-5-10(6-4-9)15(17)18/h3-6,8,11-12H,7H2,1-2H3,(H,14,16)/t11-,12+/m0/s1. The number of hydrogen-bond acceptors (Lipinski definition) is 5. The molecule has 2 atom stereocenters. The molecule has 1 aliphatic rings. The number of nitrogens with zero attached hydrogens (tertiary/aromatic N) is 1. The van der Waals surface area contributed by atoms with Crippen molar-refractivity contribution in [1.29, 1.82) is 0 Å². The molecule has 1 saturated heterocycles. The Morgan fingerprint density at radius 3 is 2.60 bits per heavy atom. The van der Waals surface area contributed by atoms with E-state index in [2.05, 4.69) is 5.32 Å². The van der Waals surface area contributed by atoms with Gasteiger partial charge in [-0.1, -0.05) is 0 Å². The van der Waals surface area contributed by atoms with Crippen LogP contribution in [0.5, 0.6) is 0 Å². The maximum Gasteiger partial charge on any atom is 0.269 e. The molecule has 7 nitrogen and oxygen atoms in total. The van der Waals surface area contributed by atoms with Gasteiger partial charge < -0.3 is 14.8 Å². The van der Waals surface area contributed by atoms with Crippen LogP contribution in [-0.2, 0) is 14.3 Å². The second-order valence-corrected chi connectivity index (χ2v) is 4.99. The summed E-state index contributed by atoms with van der Waals surface area (Å²) in [6, 6.07) is 5.76. The number of non-ortho nitro benzene ring substituents is 1. The predicted octanol–water partition coefficient (Wildman–Crippen LogP) is 1.53. The number of nitro benzene ring substituents is 1. The van der Waals surface area contributed by atoms with Crippen LogP contribution in [0.3, 0.4) is 0 Å². The van der Waals surface area contributed by atoms with Gasteiger partial charge in [0.2, 0.25) is 6.41 Å². The van der Waals surface area contributed by atoms with Gasteiger partial charge in [-0.2, -0.15) is 0 Å². The molecule has 0 saturated carbocycles. The van der Waals surface area contributed by atoms with E-state index in [9.17, 15) is 14.9 Å². The summed E-state index contributed by atoms with van der Waals surface area (Å²) in [6.45, 7) is 3.87. The zero-order chi connectivity index (χ0) is 14.8. The first-order valence-corrected chi connectivity index (χ1v) is 6.19. The molecule has 1 heterocycles. The lowest BCUT2D eigenvalue weighted by atomic mass is 10.0. The van der Waals surface area contributed by atoms with Gasteiger partial charge in [0.25, 0.3) is 5.69 Å². The van der Waals surface area contributed by atoms with Crippen molar-refractivity contribution in [2.75, 3.05) is 6.61 Å². The van der Waals surface area contributed by atoms with Crippen molar-refractivity contribution < 1.29 is 19.2 Å². The summed E-state index contributed by atoms with van der Waals surface area (Å²) in [6.07, 6.45) is 0.179. The van der Waals surface area contributed by atoms with Gasteiger partial charge >= 0.3 is 0 Å². The van der Waals surface area contributed by atoms with Crippen molar-refractivity contribution in [2.24, 2.45) is 0 Å². The van der Waals surface area contributed by atoms with Crippen LogP contribution in [-0.4, -0.2) is 29.8 Å². The van der Waals surface area contributed by atoms with Gasteiger partial charge in [0.05, 0.1) is 17.6 Å². The number of hydrogen-bond donors (Lipinski definition) is 1. The van der Waals surface area contributed by atoms with Crippen molar-refractivity contribution in [3.8, 4) is 0 Å². The van der Waals surface area contributed by atoms with Crippen molar-refractivity contribution in [1.82, 2.24) is 5.32 Å². The number of carbonyl (C=O) groups is 1. The number of ether oxygens (including phenoxy) is 2. The lowest BCUT2D eigenvalue weighted by Crippen LogP contribution is -2.50. The van der Waals surface area contributed by atoms with Gasteiger partial charge in [0.1, 0.15) is 6.10 Å². The molecule has 0 radical (unpaired) electrons. The zero-order valence-electron chi connectivity index (χ0n) is 11.2. The quantitative estimate of drug-likeness (QED) is 0.513. The van der Waals surface area contributed by atoms with Crippen LogP contribution in [0.25, 0.3) is 0 Å². The Labute approximate surface area is 116 Å². The van der Waals surface area contributed by atoms with E-state index >= 15 is 0 Å². The van der Waals surface area contributed by atoms with Crippen LogP contribution in [0.15, 0.2) is 24.3 Å². The van der Waals surface area contributed by atoms with Crippen molar-refractivity contribution in [3.05, 3.63) is 39.9 Å². The summed E-state index contributed by atoms with van der Waals surface area (Å²) >= 11 is 0. The number of nitrogens with one attached hydrogen (secondary N) is 1. The van der Waals surface area contributed by atoms with Crippen LogP contribution >= 0.6 is 0 Å². The number of nitro groups is 1. The normalized spacial score (nSPS) is 24.9. The highest BCUT2D eigenvalue weighted by Crippen LogP contribution is 2.33. The highest BCUT2D eigenvalue weighted by atomic mass is 16.7. The van der Waals surface area contributed by atoms with Gasteiger partial charge in [-0.25, -0.2) is 0 Å². The molecule has 20 heavy (non-hydrogen) atoms. The minimum absolute atomic E-state index is 0.0139. The fourth-order valence-electron chi connectivity index (χ4n) is 2.11. The van der Waals surface area contributed by atoms with E-state index in [0.717, 1.165) is 5.56 Å². The highest BCUT2D eigenvalue weighted by molar-refractivity contribution is 5.47. The van der Waals surface area contributed by atoms with Gasteiger partial charge in [-0.15, -0.1) is 0 Å². The second-order valence-electron chi connectivity index (χ2n) is 4.99. The van der Waals surface area contributed by atoms with Gasteiger partial charge in [0.15, 0.2) is 5.79 Å². The Morgan fingerprint density at radius 1 is 1.40 bits per heavy atom. The summed E-state index contributed by atoms with van der Waals surface area (Å²) in [5.74, 6) is -0.770. The summed E-state index contributed by atoms with van der Waals surface area (Å²) in [5, 5.41) is 13.3. The van der Waals surface area contributed by atoms with Gasteiger partial charge in [-0.05, 0) is 31.5 Å². The van der Waals surface area contributed by atoms with E-state index in [1.54, 1.807) is 26.0 Å². The average molecular weight is 280 g/mol. The fourth-order valence-corrected chi connectivity index (χ4v) is 2.11. The molecule has 1 fully saturated rings. The zero-order valence-corrected chi connectivity index (χ0v) is 11.2. The Balaban J connectivity index is 2.25. The van der Waals surface area contributed by atoms with Crippen LogP contribution < -0.4 is 5.32 Å². The lowest BCUT2D eigenvalue weighted by molar-refractivity contribution is -0.384. The minimum atomic E-state index is -0.770. The molecular formula is C13H16N2O5. The van der Waals surface area contributed by atoms with Crippen molar-refractivity contribution in [2.45, 2.75) is 31.8 Å². The van der Waals surface area contributed by atoms with Gasteiger partial charge in [0, 0.05) is 12.1 Å². The third-order valence-corrected chi connectivity index (χ3v) is 3.10. The molecule has 0 spiro atoms. The first-order valence-electron chi connectivity index (χ1n) is 6.19. The molecule has 0 aromatic heterocycles. The molecule has 1 N–H and O–H groups in total. The molecule has 2 rings (SSSR count). The number of benzene rings is 1. The third-order valence-electron chi connectivity index (χ3n) is 3.10. The number of carbonyl (C=O) groups excluding carboxylic acids is 1. The second kappa shape index (κ2) is 5.56. The number of rotatable bonds is 4. The maximum atomic E-state index is 10.7. The minimum Gasteiger partial charge on any atom is -0.351 e. The average Bonchev–Trinajstić information content (AvgIpc) is 2.41. The summed E-state index contributed by atoms with van der Waals surface area (Å²) in [5.41, 5.74) is 0.770. The molecule has 7 heteroatoms. The Bertz CT molecular complexity index is 500. The van der Waals surface area contributed by atoms with Crippen molar-refractivity contribution >= 4 is 12.1 Å². The third kappa shape index (κ3) is 3.12. The van der Waals surface area contributed by atoms with E-state index in [1.807, 2.05) is 0 Å². The Hall–Kier alpha value is -1.99. The first kappa shape index (κ1) is 14.4. The Morgan fingerprint density at radius 2 is 2.05 bits per heavy atom. The largest absolute Gasteiger partial charge is 0.351 e. The monoisotopic (exact) mass is 280 g/mol. The lowest BCUT2D eigenvalue weighted by Gasteiger charge is -2.41. The van der Waals surface area contributed by atoms with Crippen LogP contribution in [0.2, 0.25) is 0 Å². The molecular weight excluding hydrogens is 264 g/mol. The molecule has 1 aromatic carbocycles. The topological polar surface area (TPSA) is 90.7 Å². The van der Waals surface area contributed by atoms with E-state index in [4.69, 9.17) is 9.47 Å². The SMILES string of the molecule is CC1(C)OC[C@H](NC=O)[C@@H](c2ccc([N+](=O)[O-])cc2)O1. The molecule has 1 aromatic rings. The molecule has 0 aliphatic carbocycles. The van der Waals surface area contributed by atoms with E-state index in [-0.39, 0.29) is 11.7 Å². The molecule has 108 valence electrons. The van der Waals surface area contributed by atoms with E-state index in [0.29, 0.717) is 13.0 Å². The molecule has 1 aliphatic heterocycles. The maximum absolute atomic E-state index is 10.7. The fraction of sp³-hybridized carbons (Fsp3) is 0.462. The van der Waals surface area contributed by atoms with Crippen molar-refractivity contribution in [3.63, 3.8) is 0 Å². The van der Waals surface area contributed by atoms with Gasteiger partial charge in [-0.3, -0.25) is 14.9 Å².